The minimum atomic E-state index is -0.278. The number of carbonyl (C=O) groups excluding carboxylic acids is 1. The lowest BCUT2D eigenvalue weighted by atomic mass is 9.98. The summed E-state index contributed by atoms with van der Waals surface area (Å²) >= 11 is 6.23. The molecule has 0 bridgehead atoms. The third-order valence-corrected chi connectivity index (χ3v) is 5.84. The number of likely N-dealkylation sites (tertiary alicyclic amines) is 1. The molecule has 28 heavy (non-hydrogen) atoms. The molecule has 1 amide bonds. The third-order valence-electron chi connectivity index (χ3n) is 5.30. The summed E-state index contributed by atoms with van der Waals surface area (Å²) in [4.78, 5) is 14.7. The number of nitrogens with zero attached hydrogens (tertiary/aromatic N) is 3. The number of hydrogen-bond acceptors (Lipinski definition) is 3. The molecule has 1 aromatic heterocycles. The van der Waals surface area contributed by atoms with Gasteiger partial charge in [-0.2, -0.15) is 5.10 Å². The number of hydrogen-bond donors (Lipinski definition) is 0. The second-order valence-corrected chi connectivity index (χ2v) is 7.97. The summed E-state index contributed by atoms with van der Waals surface area (Å²) in [5.41, 5.74) is 1.68. The number of amides is 1. The molecule has 2 atom stereocenters. The number of halogens is 2. The van der Waals surface area contributed by atoms with Gasteiger partial charge in [-0.25, -0.2) is 4.39 Å². The highest BCUT2D eigenvalue weighted by Gasteiger charge is 2.26. The topological polar surface area (TPSA) is 47.4 Å². The second kappa shape index (κ2) is 8.95. The van der Waals surface area contributed by atoms with E-state index in [-0.39, 0.29) is 23.7 Å². The highest BCUT2D eigenvalue weighted by atomic mass is 35.5. The molecule has 1 fully saturated rings. The number of aryl methyl sites for hydroxylation is 1. The summed E-state index contributed by atoms with van der Waals surface area (Å²) in [6.07, 6.45) is 2.38. The molecule has 3 rings (SSSR count). The summed E-state index contributed by atoms with van der Waals surface area (Å²) < 4.78 is 20.6. The molecule has 2 heterocycles. The van der Waals surface area contributed by atoms with Crippen LogP contribution >= 0.6 is 11.6 Å². The molecule has 0 unspecified atom stereocenters. The molecule has 5 nitrogen and oxygen atoms in total. The Morgan fingerprint density at radius 2 is 2.07 bits per heavy atom. The fraction of sp³-hybridized carbons (Fsp3) is 0.524. The van der Waals surface area contributed by atoms with Crippen LogP contribution < -0.4 is 4.74 Å². The van der Waals surface area contributed by atoms with Crippen LogP contribution in [0.25, 0.3) is 0 Å². The van der Waals surface area contributed by atoms with E-state index in [0.717, 1.165) is 30.8 Å². The summed E-state index contributed by atoms with van der Waals surface area (Å²) in [5, 5.41) is 5.12. The van der Waals surface area contributed by atoms with Gasteiger partial charge in [0.2, 0.25) is 5.91 Å². The van der Waals surface area contributed by atoms with Gasteiger partial charge >= 0.3 is 0 Å². The van der Waals surface area contributed by atoms with Crippen LogP contribution in [0.2, 0.25) is 5.02 Å². The smallest absolute Gasteiger partial charge is 0.224 e. The zero-order valence-electron chi connectivity index (χ0n) is 16.6. The Bertz CT molecular complexity index is 822. The maximum Gasteiger partial charge on any atom is 0.224 e. The number of piperidine rings is 1. The Labute approximate surface area is 170 Å². The predicted molar refractivity (Wildman–Crippen MR) is 107 cm³/mol. The fourth-order valence-electron chi connectivity index (χ4n) is 3.71. The average molecular weight is 408 g/mol. The predicted octanol–water partition coefficient (Wildman–Crippen LogP) is 4.56. The summed E-state index contributed by atoms with van der Waals surface area (Å²) in [7, 11) is 0. The Balaban J connectivity index is 1.53. The van der Waals surface area contributed by atoms with Crippen molar-refractivity contribution in [1.29, 1.82) is 0 Å². The number of aromatic nitrogens is 2. The maximum atomic E-state index is 13.0. The third kappa shape index (κ3) is 4.85. The SMILES string of the molecule is Cc1nn([C@@H](C)CC(=O)N2CCC[C@@H](COc3ccc(F)cc3)C2)c(C)c1Cl. The summed E-state index contributed by atoms with van der Waals surface area (Å²) in [5.74, 6) is 0.781. The molecule has 1 saturated heterocycles. The molecule has 1 aromatic carbocycles. The minimum absolute atomic E-state index is 0.0467. The molecule has 1 aliphatic heterocycles. The minimum Gasteiger partial charge on any atom is -0.493 e. The molecule has 0 radical (unpaired) electrons. The lowest BCUT2D eigenvalue weighted by Crippen LogP contribution is -2.42. The highest BCUT2D eigenvalue weighted by molar-refractivity contribution is 6.31. The van der Waals surface area contributed by atoms with Crippen LogP contribution in [0.5, 0.6) is 5.75 Å². The van der Waals surface area contributed by atoms with Gasteiger partial charge in [-0.1, -0.05) is 11.6 Å². The van der Waals surface area contributed by atoms with E-state index in [1.165, 1.54) is 12.1 Å². The zero-order valence-corrected chi connectivity index (χ0v) is 17.4. The van der Waals surface area contributed by atoms with E-state index in [1.807, 2.05) is 30.4 Å². The van der Waals surface area contributed by atoms with Crippen molar-refractivity contribution in [2.24, 2.45) is 5.92 Å². The van der Waals surface area contributed by atoms with Crippen molar-refractivity contribution >= 4 is 17.5 Å². The lowest BCUT2D eigenvalue weighted by Gasteiger charge is -2.33. The van der Waals surface area contributed by atoms with Crippen molar-refractivity contribution in [3.8, 4) is 5.75 Å². The molecular weight excluding hydrogens is 381 g/mol. The summed E-state index contributed by atoms with van der Waals surface area (Å²) in [6.45, 7) is 7.77. The molecule has 2 aromatic rings. The number of benzene rings is 1. The van der Waals surface area contributed by atoms with Crippen molar-refractivity contribution in [1.82, 2.24) is 14.7 Å². The average Bonchev–Trinajstić information content (AvgIpc) is 2.95. The Morgan fingerprint density at radius 3 is 2.71 bits per heavy atom. The highest BCUT2D eigenvalue weighted by Crippen LogP contribution is 2.25. The molecule has 0 aliphatic carbocycles. The van der Waals surface area contributed by atoms with Gasteiger partial charge in [-0.3, -0.25) is 9.48 Å². The maximum absolute atomic E-state index is 13.0. The fourth-order valence-corrected chi connectivity index (χ4v) is 3.84. The van der Waals surface area contributed by atoms with Crippen LogP contribution in [0, 0.1) is 25.6 Å². The normalized spacial score (nSPS) is 18.2. The lowest BCUT2D eigenvalue weighted by molar-refractivity contribution is -0.134. The van der Waals surface area contributed by atoms with Crippen LogP contribution in [-0.2, 0) is 4.79 Å². The molecule has 0 spiro atoms. The molecule has 152 valence electrons. The molecule has 0 N–H and O–H groups in total. The van der Waals surface area contributed by atoms with E-state index in [4.69, 9.17) is 16.3 Å². The molecule has 0 saturated carbocycles. The van der Waals surface area contributed by atoms with Crippen LogP contribution in [0.15, 0.2) is 24.3 Å². The molecule has 1 aliphatic rings. The van der Waals surface area contributed by atoms with E-state index in [9.17, 15) is 9.18 Å². The van der Waals surface area contributed by atoms with Crippen LogP contribution in [0.1, 0.15) is 43.6 Å². The van der Waals surface area contributed by atoms with E-state index in [2.05, 4.69) is 5.10 Å². The van der Waals surface area contributed by atoms with Crippen molar-refractivity contribution in [2.45, 2.75) is 46.1 Å². The quantitative estimate of drug-likeness (QED) is 0.705. The van der Waals surface area contributed by atoms with Gasteiger partial charge in [0.15, 0.2) is 0 Å². The Morgan fingerprint density at radius 1 is 1.36 bits per heavy atom. The van der Waals surface area contributed by atoms with E-state index >= 15 is 0 Å². The van der Waals surface area contributed by atoms with Crippen LogP contribution in [0.3, 0.4) is 0 Å². The van der Waals surface area contributed by atoms with Crippen molar-refractivity contribution < 1.29 is 13.9 Å². The first-order chi connectivity index (χ1) is 13.3. The van der Waals surface area contributed by atoms with Gasteiger partial charge in [0.25, 0.3) is 0 Å². The first-order valence-corrected chi connectivity index (χ1v) is 10.1. The Hall–Kier alpha value is -2.08. The number of ether oxygens (including phenoxy) is 1. The van der Waals surface area contributed by atoms with Crippen molar-refractivity contribution in [2.75, 3.05) is 19.7 Å². The van der Waals surface area contributed by atoms with Crippen LogP contribution in [0.4, 0.5) is 4.39 Å². The first kappa shape index (κ1) is 20.6. The van der Waals surface area contributed by atoms with Gasteiger partial charge in [-0.15, -0.1) is 0 Å². The number of carbonyl (C=O) groups is 1. The van der Waals surface area contributed by atoms with E-state index in [1.54, 1.807) is 12.1 Å². The molecular formula is C21H27ClFN3O2. The number of rotatable bonds is 6. The largest absolute Gasteiger partial charge is 0.493 e. The van der Waals surface area contributed by atoms with Crippen LogP contribution in [-0.4, -0.2) is 40.3 Å². The van der Waals surface area contributed by atoms with Gasteiger partial charge in [0.05, 0.1) is 29.1 Å². The molecule has 7 heteroatoms. The van der Waals surface area contributed by atoms with Gasteiger partial charge in [0, 0.05) is 25.4 Å². The first-order valence-electron chi connectivity index (χ1n) is 9.72. The van der Waals surface area contributed by atoms with Gasteiger partial charge in [-0.05, 0) is 57.9 Å². The monoisotopic (exact) mass is 407 g/mol. The van der Waals surface area contributed by atoms with Gasteiger partial charge in [0.1, 0.15) is 11.6 Å². The second-order valence-electron chi connectivity index (χ2n) is 7.60. The summed E-state index contributed by atoms with van der Waals surface area (Å²) in [6, 6.07) is 5.98. The van der Waals surface area contributed by atoms with E-state index in [0.29, 0.717) is 30.3 Å². The van der Waals surface area contributed by atoms with Crippen molar-refractivity contribution in [3.05, 3.63) is 46.5 Å². The van der Waals surface area contributed by atoms with E-state index < -0.39 is 0 Å². The standard InChI is InChI=1S/C21H27ClFN3O2/c1-14(26-16(3)21(22)15(2)24-26)11-20(27)25-10-4-5-17(12-25)13-28-19-8-6-18(23)7-9-19/h6-9,14,17H,4-5,10-13H2,1-3H3/t14-,17+/m0/s1. The zero-order chi connectivity index (χ0) is 20.3. The van der Waals surface area contributed by atoms with Crippen molar-refractivity contribution in [3.63, 3.8) is 0 Å². The Kier molecular flexibility index (Phi) is 6.60. The van der Waals surface area contributed by atoms with Gasteiger partial charge < -0.3 is 9.64 Å².